The molecule has 1 unspecified atom stereocenters. The number of aromatic nitrogens is 1. The van der Waals surface area contributed by atoms with E-state index >= 15 is 0 Å². The summed E-state index contributed by atoms with van der Waals surface area (Å²) in [6, 6.07) is 3.93. The van der Waals surface area contributed by atoms with Gasteiger partial charge in [-0.3, -0.25) is 0 Å². The van der Waals surface area contributed by atoms with Crippen molar-refractivity contribution in [1.82, 2.24) is 4.98 Å². The Labute approximate surface area is 97.0 Å². The van der Waals surface area contributed by atoms with E-state index in [2.05, 4.69) is 25.8 Å². The van der Waals surface area contributed by atoms with Gasteiger partial charge in [-0.2, -0.15) is 0 Å². The molecule has 0 aromatic carbocycles. The van der Waals surface area contributed by atoms with Crippen LogP contribution in [0.1, 0.15) is 0 Å². The van der Waals surface area contributed by atoms with Gasteiger partial charge in [-0.1, -0.05) is 0 Å². The van der Waals surface area contributed by atoms with E-state index in [1.165, 1.54) is 0 Å². The summed E-state index contributed by atoms with van der Waals surface area (Å²) < 4.78 is 6.34. The normalized spacial score (nSPS) is 21.7. The van der Waals surface area contributed by atoms with E-state index in [9.17, 15) is 0 Å². The lowest BCUT2D eigenvalue weighted by molar-refractivity contribution is 0.00336. The molecule has 1 aromatic heterocycles. The van der Waals surface area contributed by atoms with Gasteiger partial charge in [-0.25, -0.2) is 4.98 Å². The predicted octanol–water partition coefficient (Wildman–Crippen LogP) is 1.04. The number of halogens is 1. The van der Waals surface area contributed by atoms with Crippen molar-refractivity contribution in [3.05, 3.63) is 22.8 Å². The quantitative estimate of drug-likeness (QED) is 0.874. The maximum absolute atomic E-state index is 9.02. The highest BCUT2D eigenvalue weighted by molar-refractivity contribution is 9.10. The van der Waals surface area contributed by atoms with Crippen LogP contribution in [0.15, 0.2) is 22.8 Å². The second-order valence-corrected chi connectivity index (χ2v) is 4.37. The molecule has 1 aliphatic rings. The van der Waals surface area contributed by atoms with Gasteiger partial charge in [0.25, 0.3) is 0 Å². The molecule has 0 aliphatic carbocycles. The van der Waals surface area contributed by atoms with E-state index in [0.717, 1.165) is 16.8 Å². The molecule has 0 radical (unpaired) electrons. The summed E-state index contributed by atoms with van der Waals surface area (Å²) in [6.07, 6.45) is 1.68. The van der Waals surface area contributed by atoms with E-state index in [1.54, 1.807) is 6.20 Å². The van der Waals surface area contributed by atoms with E-state index in [0.29, 0.717) is 13.2 Å². The fourth-order valence-electron chi connectivity index (χ4n) is 1.59. The zero-order chi connectivity index (χ0) is 10.7. The van der Waals surface area contributed by atoms with Crippen molar-refractivity contribution in [2.45, 2.75) is 6.10 Å². The van der Waals surface area contributed by atoms with Crippen LogP contribution in [0.4, 0.5) is 5.82 Å². The van der Waals surface area contributed by atoms with Crippen molar-refractivity contribution in [2.75, 3.05) is 31.2 Å². The van der Waals surface area contributed by atoms with Crippen LogP contribution in [-0.2, 0) is 4.74 Å². The molecule has 15 heavy (non-hydrogen) atoms. The van der Waals surface area contributed by atoms with Crippen molar-refractivity contribution >= 4 is 21.7 Å². The zero-order valence-electron chi connectivity index (χ0n) is 8.27. The summed E-state index contributed by atoms with van der Waals surface area (Å²) in [5.41, 5.74) is 0. The van der Waals surface area contributed by atoms with E-state index < -0.39 is 0 Å². The van der Waals surface area contributed by atoms with Gasteiger partial charge in [0.05, 0.1) is 19.3 Å². The first kappa shape index (κ1) is 10.9. The fraction of sp³-hybridized carbons (Fsp3) is 0.500. The number of pyridine rings is 1. The molecule has 5 heteroatoms. The maximum Gasteiger partial charge on any atom is 0.128 e. The molecule has 0 spiro atoms. The molecule has 1 aromatic rings. The summed E-state index contributed by atoms with van der Waals surface area (Å²) in [5.74, 6) is 0.931. The lowest BCUT2D eigenvalue weighted by Crippen LogP contribution is -2.44. The molecule has 2 heterocycles. The van der Waals surface area contributed by atoms with Gasteiger partial charge in [-0.15, -0.1) is 0 Å². The Morgan fingerprint density at radius 1 is 1.60 bits per heavy atom. The molecule has 82 valence electrons. The highest BCUT2D eigenvalue weighted by Gasteiger charge is 2.20. The summed E-state index contributed by atoms with van der Waals surface area (Å²) in [7, 11) is 0. The minimum atomic E-state index is -0.0933. The third-order valence-corrected chi connectivity index (χ3v) is 2.85. The number of nitrogens with zero attached hydrogens (tertiary/aromatic N) is 2. The third kappa shape index (κ3) is 2.68. The Bertz CT molecular complexity index is 318. The highest BCUT2D eigenvalue weighted by Crippen LogP contribution is 2.17. The predicted molar refractivity (Wildman–Crippen MR) is 61.0 cm³/mol. The maximum atomic E-state index is 9.02. The topological polar surface area (TPSA) is 45.6 Å². The van der Waals surface area contributed by atoms with Crippen LogP contribution >= 0.6 is 15.9 Å². The largest absolute Gasteiger partial charge is 0.394 e. The van der Waals surface area contributed by atoms with Gasteiger partial charge in [0.2, 0.25) is 0 Å². The number of morpholine rings is 1. The molecule has 1 fully saturated rings. The molecule has 2 rings (SSSR count). The van der Waals surface area contributed by atoms with Crippen molar-refractivity contribution in [3.63, 3.8) is 0 Å². The van der Waals surface area contributed by atoms with Gasteiger partial charge in [0, 0.05) is 23.8 Å². The van der Waals surface area contributed by atoms with Gasteiger partial charge in [-0.05, 0) is 28.1 Å². The summed E-state index contributed by atoms with van der Waals surface area (Å²) >= 11 is 3.35. The minimum absolute atomic E-state index is 0.0625. The van der Waals surface area contributed by atoms with Crippen LogP contribution < -0.4 is 4.90 Å². The highest BCUT2D eigenvalue weighted by atomic mass is 79.9. The van der Waals surface area contributed by atoms with Gasteiger partial charge < -0.3 is 14.7 Å². The summed E-state index contributed by atoms with van der Waals surface area (Å²) in [5, 5.41) is 9.02. The average molecular weight is 273 g/mol. The van der Waals surface area contributed by atoms with Crippen LogP contribution in [0.5, 0.6) is 0 Å². The van der Waals surface area contributed by atoms with Crippen molar-refractivity contribution in [1.29, 1.82) is 0 Å². The van der Waals surface area contributed by atoms with Crippen molar-refractivity contribution in [3.8, 4) is 0 Å². The number of hydrogen-bond acceptors (Lipinski definition) is 4. The van der Waals surface area contributed by atoms with Gasteiger partial charge in [0.15, 0.2) is 0 Å². The molecule has 4 nitrogen and oxygen atoms in total. The molecular weight excluding hydrogens is 260 g/mol. The lowest BCUT2D eigenvalue weighted by Gasteiger charge is -2.32. The van der Waals surface area contributed by atoms with Gasteiger partial charge in [0.1, 0.15) is 5.82 Å². The molecular formula is C10H13BrN2O2. The number of aliphatic hydroxyl groups is 1. The van der Waals surface area contributed by atoms with E-state index in [4.69, 9.17) is 9.84 Å². The second kappa shape index (κ2) is 4.92. The molecule has 0 saturated carbocycles. The zero-order valence-corrected chi connectivity index (χ0v) is 9.85. The Morgan fingerprint density at radius 3 is 3.13 bits per heavy atom. The second-order valence-electron chi connectivity index (χ2n) is 3.46. The van der Waals surface area contributed by atoms with Crippen LogP contribution in [0.2, 0.25) is 0 Å². The summed E-state index contributed by atoms with van der Waals surface area (Å²) in [6.45, 7) is 2.23. The van der Waals surface area contributed by atoms with E-state index in [1.807, 2.05) is 12.1 Å². The summed E-state index contributed by atoms with van der Waals surface area (Å²) in [4.78, 5) is 6.43. The Hall–Kier alpha value is -0.650. The Balaban J connectivity index is 2.06. The third-order valence-electron chi connectivity index (χ3n) is 2.38. The molecule has 1 atom stereocenters. The average Bonchev–Trinajstić information content (AvgIpc) is 2.30. The van der Waals surface area contributed by atoms with Crippen LogP contribution in [0.25, 0.3) is 0 Å². The number of anilines is 1. The number of aliphatic hydroxyl groups excluding tert-OH is 1. The number of ether oxygens (including phenoxy) is 1. The number of rotatable bonds is 2. The van der Waals surface area contributed by atoms with Gasteiger partial charge >= 0.3 is 0 Å². The van der Waals surface area contributed by atoms with Crippen LogP contribution in [0.3, 0.4) is 0 Å². The van der Waals surface area contributed by atoms with Crippen LogP contribution in [-0.4, -0.2) is 42.5 Å². The lowest BCUT2D eigenvalue weighted by atomic mass is 10.3. The fourth-order valence-corrected chi connectivity index (χ4v) is 1.83. The smallest absolute Gasteiger partial charge is 0.128 e. The first-order valence-electron chi connectivity index (χ1n) is 4.88. The van der Waals surface area contributed by atoms with Crippen molar-refractivity contribution in [2.24, 2.45) is 0 Å². The Morgan fingerprint density at radius 2 is 2.47 bits per heavy atom. The first-order valence-corrected chi connectivity index (χ1v) is 5.68. The molecule has 1 aliphatic heterocycles. The standard InChI is InChI=1S/C10H13BrN2O2/c11-8-1-2-10(12-5-8)13-3-4-15-9(6-13)7-14/h1-2,5,9,14H,3-4,6-7H2. The Kier molecular flexibility index (Phi) is 3.56. The molecule has 1 saturated heterocycles. The molecule has 0 bridgehead atoms. The van der Waals surface area contributed by atoms with E-state index in [-0.39, 0.29) is 12.7 Å². The number of hydrogen-bond donors (Lipinski definition) is 1. The van der Waals surface area contributed by atoms with Crippen molar-refractivity contribution < 1.29 is 9.84 Å². The first-order chi connectivity index (χ1) is 7.29. The monoisotopic (exact) mass is 272 g/mol. The van der Waals surface area contributed by atoms with Crippen LogP contribution in [0, 0.1) is 0 Å². The minimum Gasteiger partial charge on any atom is -0.394 e. The molecule has 0 amide bonds. The molecule has 1 N–H and O–H groups in total. The SMILES string of the molecule is OCC1CN(c2ccc(Br)cn2)CCO1.